The monoisotopic (exact) mass is 226 g/mol. The van der Waals surface area contributed by atoms with Crippen LogP contribution in [0.25, 0.3) is 0 Å². The van der Waals surface area contributed by atoms with Gasteiger partial charge in [-0.1, -0.05) is 17.7 Å². The summed E-state index contributed by atoms with van der Waals surface area (Å²) < 4.78 is 0. The van der Waals surface area contributed by atoms with Crippen LogP contribution < -0.4 is 10.6 Å². The summed E-state index contributed by atoms with van der Waals surface area (Å²) in [5, 5.41) is 10.7. The normalized spacial score (nSPS) is 25.9. The predicted octanol–water partition coefficient (Wildman–Crippen LogP) is 1.24. The third-order valence-corrected chi connectivity index (χ3v) is 3.12. The molecule has 1 aromatic carbocycles. The first-order chi connectivity index (χ1) is 7.13. The largest absolute Gasteiger partial charge is 0.387 e. The molecule has 1 fully saturated rings. The number of aliphatic hydroxyl groups is 1. The lowest BCUT2D eigenvalue weighted by atomic mass is 10.0. The average Bonchev–Trinajstić information content (AvgIpc) is 2.62. The minimum Gasteiger partial charge on any atom is -0.387 e. The summed E-state index contributed by atoms with van der Waals surface area (Å²) in [6, 6.07) is 7.66. The van der Waals surface area contributed by atoms with Crippen molar-refractivity contribution in [2.24, 2.45) is 5.73 Å². The van der Waals surface area contributed by atoms with E-state index in [1.54, 1.807) is 0 Å². The van der Waals surface area contributed by atoms with Crippen LogP contribution in [0.15, 0.2) is 24.3 Å². The molecule has 0 aromatic heterocycles. The van der Waals surface area contributed by atoms with Crippen LogP contribution in [-0.2, 0) is 0 Å². The molecule has 0 amide bonds. The fraction of sp³-hybridized carbons (Fsp3) is 0.455. The quantitative estimate of drug-likeness (QED) is 0.798. The Kier molecular flexibility index (Phi) is 2.87. The van der Waals surface area contributed by atoms with Gasteiger partial charge in [0.2, 0.25) is 0 Å². The van der Waals surface area contributed by atoms with Crippen LogP contribution in [0, 0.1) is 0 Å². The van der Waals surface area contributed by atoms with E-state index in [0.29, 0.717) is 13.1 Å². The smallest absolute Gasteiger partial charge is 0.0959 e. The van der Waals surface area contributed by atoms with Crippen LogP contribution in [0.4, 0.5) is 5.69 Å². The van der Waals surface area contributed by atoms with Crippen LogP contribution >= 0.6 is 11.6 Å². The molecule has 1 aromatic rings. The molecule has 2 rings (SSSR count). The Balaban J connectivity index is 2.14. The third kappa shape index (κ3) is 2.25. The zero-order valence-electron chi connectivity index (χ0n) is 8.49. The predicted molar refractivity (Wildman–Crippen MR) is 62.3 cm³/mol. The highest BCUT2D eigenvalue weighted by atomic mass is 35.5. The molecule has 4 heteroatoms. The zero-order valence-corrected chi connectivity index (χ0v) is 9.24. The van der Waals surface area contributed by atoms with E-state index >= 15 is 0 Å². The first-order valence-electron chi connectivity index (χ1n) is 5.06. The minimum atomic E-state index is -0.734. The van der Waals surface area contributed by atoms with Crippen molar-refractivity contribution < 1.29 is 5.11 Å². The van der Waals surface area contributed by atoms with Gasteiger partial charge in [0.25, 0.3) is 0 Å². The highest BCUT2D eigenvalue weighted by Crippen LogP contribution is 2.27. The Morgan fingerprint density at radius 3 is 2.93 bits per heavy atom. The Morgan fingerprint density at radius 2 is 2.33 bits per heavy atom. The first kappa shape index (κ1) is 10.7. The molecule has 3 N–H and O–H groups in total. The van der Waals surface area contributed by atoms with Crippen molar-refractivity contribution in [1.82, 2.24) is 0 Å². The van der Waals surface area contributed by atoms with Crippen molar-refractivity contribution in [2.45, 2.75) is 12.0 Å². The van der Waals surface area contributed by atoms with Gasteiger partial charge in [-0.2, -0.15) is 0 Å². The summed E-state index contributed by atoms with van der Waals surface area (Å²) in [7, 11) is 0. The number of halogens is 1. The van der Waals surface area contributed by atoms with E-state index in [1.807, 2.05) is 24.3 Å². The van der Waals surface area contributed by atoms with E-state index in [9.17, 15) is 5.11 Å². The summed E-state index contributed by atoms with van der Waals surface area (Å²) >= 11 is 5.91. The van der Waals surface area contributed by atoms with Gasteiger partial charge >= 0.3 is 0 Å². The minimum absolute atomic E-state index is 0.310. The maximum Gasteiger partial charge on any atom is 0.0959 e. The molecule has 1 saturated heterocycles. The van der Waals surface area contributed by atoms with E-state index in [4.69, 9.17) is 17.3 Å². The molecule has 0 radical (unpaired) electrons. The van der Waals surface area contributed by atoms with Gasteiger partial charge in [0.1, 0.15) is 0 Å². The standard InChI is InChI=1S/C11H15ClN2O/c12-9-2-1-3-10(6-9)14-5-4-11(15,7-13)8-14/h1-3,6,15H,4-5,7-8,13H2. The second kappa shape index (κ2) is 4.00. The van der Waals surface area contributed by atoms with Gasteiger partial charge in [-0.25, -0.2) is 0 Å². The highest BCUT2D eigenvalue weighted by Gasteiger charge is 2.34. The lowest BCUT2D eigenvalue weighted by Gasteiger charge is -2.22. The van der Waals surface area contributed by atoms with Gasteiger partial charge in [-0.15, -0.1) is 0 Å². The molecular formula is C11H15ClN2O. The van der Waals surface area contributed by atoms with Gasteiger partial charge in [-0.05, 0) is 24.6 Å². The summed E-state index contributed by atoms with van der Waals surface area (Å²) in [4.78, 5) is 2.11. The van der Waals surface area contributed by atoms with Crippen LogP contribution in [0.3, 0.4) is 0 Å². The van der Waals surface area contributed by atoms with Crippen LogP contribution in [0.5, 0.6) is 0 Å². The van der Waals surface area contributed by atoms with Crippen molar-refractivity contribution in [2.75, 3.05) is 24.5 Å². The lowest BCUT2D eigenvalue weighted by molar-refractivity contribution is 0.0726. The number of benzene rings is 1. The number of β-amino-alcohol motifs (C(OH)–C–C–N with tert-alkyl or cyclic N) is 1. The molecule has 0 aliphatic carbocycles. The average molecular weight is 227 g/mol. The van der Waals surface area contributed by atoms with Gasteiger partial charge < -0.3 is 15.7 Å². The topological polar surface area (TPSA) is 49.5 Å². The van der Waals surface area contributed by atoms with Gasteiger partial charge in [0.05, 0.1) is 5.60 Å². The van der Waals surface area contributed by atoms with E-state index in [-0.39, 0.29) is 0 Å². The van der Waals surface area contributed by atoms with Crippen LogP contribution in [-0.4, -0.2) is 30.3 Å². The first-order valence-corrected chi connectivity index (χ1v) is 5.44. The molecule has 15 heavy (non-hydrogen) atoms. The van der Waals surface area contributed by atoms with Gasteiger partial charge in [-0.3, -0.25) is 0 Å². The molecule has 1 heterocycles. The fourth-order valence-electron chi connectivity index (χ4n) is 1.92. The van der Waals surface area contributed by atoms with Crippen molar-refractivity contribution in [3.63, 3.8) is 0 Å². The van der Waals surface area contributed by atoms with E-state index in [0.717, 1.165) is 23.7 Å². The summed E-state index contributed by atoms with van der Waals surface area (Å²) in [6.45, 7) is 1.72. The molecule has 1 atom stereocenters. The van der Waals surface area contributed by atoms with Gasteiger partial charge in [0.15, 0.2) is 0 Å². The van der Waals surface area contributed by atoms with E-state index in [1.165, 1.54) is 0 Å². The Bertz CT molecular complexity index is 358. The summed E-state index contributed by atoms with van der Waals surface area (Å²) in [6.07, 6.45) is 0.718. The molecule has 1 aliphatic rings. The summed E-state index contributed by atoms with van der Waals surface area (Å²) in [5.41, 5.74) is 5.85. The second-order valence-electron chi connectivity index (χ2n) is 4.08. The van der Waals surface area contributed by atoms with Gasteiger partial charge in [0, 0.05) is 30.3 Å². The zero-order chi connectivity index (χ0) is 10.9. The molecule has 3 nitrogen and oxygen atoms in total. The molecular weight excluding hydrogens is 212 g/mol. The Morgan fingerprint density at radius 1 is 1.53 bits per heavy atom. The van der Waals surface area contributed by atoms with Crippen molar-refractivity contribution in [3.05, 3.63) is 29.3 Å². The Hall–Kier alpha value is -0.770. The van der Waals surface area contributed by atoms with Crippen molar-refractivity contribution in [3.8, 4) is 0 Å². The van der Waals surface area contributed by atoms with E-state index < -0.39 is 5.60 Å². The number of nitrogens with zero attached hydrogens (tertiary/aromatic N) is 1. The van der Waals surface area contributed by atoms with Crippen LogP contribution in [0.2, 0.25) is 5.02 Å². The number of hydrogen-bond acceptors (Lipinski definition) is 3. The number of nitrogens with two attached hydrogens (primary N) is 1. The van der Waals surface area contributed by atoms with Crippen molar-refractivity contribution >= 4 is 17.3 Å². The number of anilines is 1. The Labute approximate surface area is 94.4 Å². The lowest BCUT2D eigenvalue weighted by Crippen LogP contribution is -2.40. The van der Waals surface area contributed by atoms with E-state index in [2.05, 4.69) is 4.90 Å². The number of hydrogen-bond donors (Lipinski definition) is 2. The molecule has 82 valence electrons. The maximum absolute atomic E-state index is 10.0. The molecule has 0 spiro atoms. The van der Waals surface area contributed by atoms with Crippen molar-refractivity contribution in [1.29, 1.82) is 0 Å². The SMILES string of the molecule is NCC1(O)CCN(c2cccc(Cl)c2)C1. The summed E-state index contributed by atoms with van der Waals surface area (Å²) in [5.74, 6) is 0. The molecule has 1 aliphatic heterocycles. The fourth-order valence-corrected chi connectivity index (χ4v) is 2.10. The molecule has 0 saturated carbocycles. The molecule has 1 unspecified atom stereocenters. The number of rotatable bonds is 2. The second-order valence-corrected chi connectivity index (χ2v) is 4.52. The third-order valence-electron chi connectivity index (χ3n) is 2.89. The highest BCUT2D eigenvalue weighted by molar-refractivity contribution is 6.30. The molecule has 0 bridgehead atoms. The van der Waals surface area contributed by atoms with Crippen LogP contribution in [0.1, 0.15) is 6.42 Å². The maximum atomic E-state index is 10.0.